The molecule has 104 valence electrons. The van der Waals surface area contributed by atoms with Gasteiger partial charge in [0.15, 0.2) is 5.78 Å². The molecule has 1 heteroatoms. The molecule has 1 saturated carbocycles. The maximum atomic E-state index is 12.1. The molecule has 0 atom stereocenters. The van der Waals surface area contributed by atoms with Crippen LogP contribution in [0.25, 0.3) is 0 Å². The van der Waals surface area contributed by atoms with Gasteiger partial charge in [-0.1, -0.05) is 64.3 Å². The van der Waals surface area contributed by atoms with E-state index in [1.165, 1.54) is 37.7 Å². The lowest BCUT2D eigenvalue weighted by molar-refractivity contribution is 0.0940. The Bertz CT molecular complexity index is 416. The molecular formula is C18H26O. The van der Waals surface area contributed by atoms with Crippen molar-refractivity contribution in [2.75, 3.05) is 0 Å². The van der Waals surface area contributed by atoms with Crippen molar-refractivity contribution in [2.24, 2.45) is 5.41 Å². The molecule has 0 radical (unpaired) electrons. The van der Waals surface area contributed by atoms with E-state index in [-0.39, 0.29) is 11.2 Å². The molecule has 0 aromatic heterocycles. The predicted octanol–water partition coefficient (Wildman–Crippen LogP) is 5.35. The third kappa shape index (κ3) is 4.19. The molecule has 0 bridgehead atoms. The van der Waals surface area contributed by atoms with E-state index in [4.69, 9.17) is 0 Å². The van der Waals surface area contributed by atoms with Crippen LogP contribution in [-0.2, 0) is 0 Å². The molecule has 1 aromatic rings. The Labute approximate surface area is 117 Å². The van der Waals surface area contributed by atoms with Crippen LogP contribution in [-0.4, -0.2) is 5.78 Å². The topological polar surface area (TPSA) is 17.1 Å². The van der Waals surface area contributed by atoms with Crippen LogP contribution in [0.2, 0.25) is 0 Å². The minimum absolute atomic E-state index is 0.0686. The number of carbonyl (C=O) groups excluding carboxylic acids is 1. The van der Waals surface area contributed by atoms with Gasteiger partial charge in [0.1, 0.15) is 0 Å². The summed E-state index contributed by atoms with van der Waals surface area (Å²) in [6.45, 7) is 6.34. The predicted molar refractivity (Wildman–Crippen MR) is 80.7 cm³/mol. The Hall–Kier alpha value is -1.11. The van der Waals surface area contributed by atoms with Gasteiger partial charge in [-0.15, -0.1) is 0 Å². The maximum absolute atomic E-state index is 12.1. The molecular weight excluding hydrogens is 232 g/mol. The average Bonchev–Trinajstić information content (AvgIpc) is 2.38. The monoisotopic (exact) mass is 258 g/mol. The smallest absolute Gasteiger partial charge is 0.163 e. The van der Waals surface area contributed by atoms with E-state index in [0.717, 1.165) is 11.5 Å². The van der Waals surface area contributed by atoms with Crippen molar-refractivity contribution in [3.63, 3.8) is 0 Å². The molecule has 19 heavy (non-hydrogen) atoms. The van der Waals surface area contributed by atoms with Gasteiger partial charge >= 0.3 is 0 Å². The van der Waals surface area contributed by atoms with Gasteiger partial charge in [0.2, 0.25) is 0 Å². The van der Waals surface area contributed by atoms with Crippen molar-refractivity contribution >= 4 is 5.78 Å². The number of ketones is 1. The maximum Gasteiger partial charge on any atom is 0.163 e. The minimum atomic E-state index is 0.0686. The molecule has 0 amide bonds. The summed E-state index contributed by atoms with van der Waals surface area (Å²) in [4.78, 5) is 12.1. The molecule has 0 N–H and O–H groups in total. The van der Waals surface area contributed by atoms with Gasteiger partial charge in [0.05, 0.1) is 0 Å². The van der Waals surface area contributed by atoms with Crippen LogP contribution >= 0.6 is 0 Å². The zero-order valence-corrected chi connectivity index (χ0v) is 12.5. The second kappa shape index (κ2) is 5.90. The van der Waals surface area contributed by atoms with Crippen molar-refractivity contribution in [1.29, 1.82) is 0 Å². The normalized spacial score (nSPS) is 17.4. The Morgan fingerprint density at radius 3 is 2.16 bits per heavy atom. The number of carbonyl (C=O) groups is 1. The zero-order valence-electron chi connectivity index (χ0n) is 12.5. The van der Waals surface area contributed by atoms with E-state index < -0.39 is 0 Å². The van der Waals surface area contributed by atoms with Crippen molar-refractivity contribution < 1.29 is 4.79 Å². The summed E-state index contributed by atoms with van der Waals surface area (Å²) >= 11 is 0. The van der Waals surface area contributed by atoms with Gasteiger partial charge in [-0.3, -0.25) is 4.79 Å². The largest absolute Gasteiger partial charge is 0.294 e. The molecule has 0 aliphatic heterocycles. The highest BCUT2D eigenvalue weighted by molar-refractivity contribution is 5.96. The van der Waals surface area contributed by atoms with Gasteiger partial charge < -0.3 is 0 Å². The van der Waals surface area contributed by atoms with Crippen LogP contribution < -0.4 is 0 Å². The Kier molecular flexibility index (Phi) is 4.44. The van der Waals surface area contributed by atoms with Crippen LogP contribution in [0.5, 0.6) is 0 Å². The minimum Gasteiger partial charge on any atom is -0.294 e. The Balaban J connectivity index is 2.03. The Morgan fingerprint density at radius 1 is 1.05 bits per heavy atom. The summed E-state index contributed by atoms with van der Waals surface area (Å²) in [5.41, 5.74) is 2.36. The van der Waals surface area contributed by atoms with Gasteiger partial charge in [-0.05, 0) is 29.7 Å². The summed E-state index contributed by atoms with van der Waals surface area (Å²) in [6, 6.07) is 8.40. The van der Waals surface area contributed by atoms with Crippen LogP contribution in [0, 0.1) is 5.41 Å². The van der Waals surface area contributed by atoms with E-state index in [2.05, 4.69) is 32.9 Å². The number of Topliss-reactive ketones (excluding diaryl/α,β-unsaturated/α-hetero) is 1. The van der Waals surface area contributed by atoms with Crippen LogP contribution in [0.3, 0.4) is 0 Å². The number of hydrogen-bond donors (Lipinski definition) is 0. The summed E-state index contributed by atoms with van der Waals surface area (Å²) in [7, 11) is 0. The molecule has 0 unspecified atom stereocenters. The fourth-order valence-corrected chi connectivity index (χ4v) is 2.96. The highest BCUT2D eigenvalue weighted by Gasteiger charge is 2.19. The molecule has 2 rings (SSSR count). The van der Waals surface area contributed by atoms with Crippen molar-refractivity contribution in [1.82, 2.24) is 0 Å². The lowest BCUT2D eigenvalue weighted by Crippen LogP contribution is -2.13. The quantitative estimate of drug-likeness (QED) is 0.668. The first kappa shape index (κ1) is 14.3. The molecule has 0 heterocycles. The summed E-state index contributed by atoms with van der Waals surface area (Å²) in [5.74, 6) is 0.989. The van der Waals surface area contributed by atoms with Crippen molar-refractivity contribution in [3.8, 4) is 0 Å². The molecule has 0 saturated heterocycles. The summed E-state index contributed by atoms with van der Waals surface area (Å²) in [6.07, 6.45) is 7.35. The van der Waals surface area contributed by atoms with Crippen LogP contribution in [0.1, 0.15) is 81.1 Å². The van der Waals surface area contributed by atoms with E-state index in [1.807, 2.05) is 12.1 Å². The van der Waals surface area contributed by atoms with Gasteiger partial charge in [-0.2, -0.15) is 0 Å². The fraction of sp³-hybridized carbons (Fsp3) is 0.611. The van der Waals surface area contributed by atoms with E-state index in [9.17, 15) is 4.79 Å². The molecule has 1 aliphatic rings. The number of hydrogen-bond acceptors (Lipinski definition) is 1. The highest BCUT2D eigenvalue weighted by Crippen LogP contribution is 2.32. The zero-order chi connectivity index (χ0) is 13.9. The third-order valence-electron chi connectivity index (χ3n) is 4.00. The number of benzene rings is 1. The molecule has 1 fully saturated rings. The second-order valence-electron chi connectivity index (χ2n) is 7.12. The second-order valence-corrected chi connectivity index (χ2v) is 7.12. The number of rotatable bonds is 3. The van der Waals surface area contributed by atoms with Crippen molar-refractivity contribution in [2.45, 2.75) is 65.2 Å². The van der Waals surface area contributed by atoms with Gasteiger partial charge in [-0.25, -0.2) is 0 Å². The highest BCUT2D eigenvalue weighted by atomic mass is 16.1. The molecule has 0 spiro atoms. The summed E-state index contributed by atoms with van der Waals surface area (Å²) < 4.78 is 0. The van der Waals surface area contributed by atoms with Gasteiger partial charge in [0, 0.05) is 12.0 Å². The Morgan fingerprint density at radius 2 is 1.63 bits per heavy atom. The molecule has 1 nitrogen and oxygen atoms in total. The average molecular weight is 258 g/mol. The van der Waals surface area contributed by atoms with Crippen LogP contribution in [0.4, 0.5) is 0 Å². The standard InChI is InChI=1S/C18H26O/c1-18(2,3)13-17(19)16-11-9-15(10-12-16)14-7-5-4-6-8-14/h9-12,14H,4-8,13H2,1-3H3. The molecule has 1 aromatic carbocycles. The SMILES string of the molecule is CC(C)(C)CC(=O)c1ccc(C2CCCCC2)cc1. The lowest BCUT2D eigenvalue weighted by Gasteiger charge is -2.22. The van der Waals surface area contributed by atoms with Crippen LogP contribution in [0.15, 0.2) is 24.3 Å². The first-order valence-corrected chi connectivity index (χ1v) is 7.59. The fourth-order valence-electron chi connectivity index (χ4n) is 2.96. The van der Waals surface area contributed by atoms with E-state index in [0.29, 0.717) is 6.42 Å². The van der Waals surface area contributed by atoms with E-state index >= 15 is 0 Å². The molecule has 1 aliphatic carbocycles. The lowest BCUT2D eigenvalue weighted by atomic mass is 9.83. The third-order valence-corrected chi connectivity index (χ3v) is 4.00. The summed E-state index contributed by atoms with van der Waals surface area (Å²) in [5, 5.41) is 0. The van der Waals surface area contributed by atoms with Crippen molar-refractivity contribution in [3.05, 3.63) is 35.4 Å². The first-order valence-electron chi connectivity index (χ1n) is 7.59. The van der Waals surface area contributed by atoms with Gasteiger partial charge in [0.25, 0.3) is 0 Å². The van der Waals surface area contributed by atoms with E-state index in [1.54, 1.807) is 0 Å². The first-order chi connectivity index (χ1) is 8.96.